The summed E-state index contributed by atoms with van der Waals surface area (Å²) in [5, 5.41) is 9.33. The maximum absolute atomic E-state index is 13.2. The number of carbonyl (C=O) groups excluding carboxylic acids is 1. The molecule has 0 aliphatic heterocycles. The van der Waals surface area contributed by atoms with E-state index in [0.29, 0.717) is 16.1 Å². The molecule has 0 amide bonds. The zero-order valence-corrected chi connectivity index (χ0v) is 15.4. The molecule has 0 saturated heterocycles. The standard InChI is InChI=1S/C13H9ClFNO3.C5H4ClNO/c1-18-13(17)10-4-2-8(15)6-11(10)19-9-3-5-12(14)16-7-9;6-5-2-1-4(8)3-7-5/h2-7H,1H3;1-3,8H. The van der Waals surface area contributed by atoms with Crippen molar-refractivity contribution in [3.8, 4) is 17.2 Å². The van der Waals surface area contributed by atoms with E-state index in [1.54, 1.807) is 6.07 Å². The first kappa shape index (κ1) is 20.4. The largest absolute Gasteiger partial charge is 0.506 e. The molecule has 0 aliphatic rings. The Hall–Kier alpha value is -2.90. The minimum atomic E-state index is -0.614. The Kier molecular flexibility index (Phi) is 7.34. The van der Waals surface area contributed by atoms with Gasteiger partial charge in [-0.15, -0.1) is 0 Å². The fraction of sp³-hybridized carbons (Fsp3) is 0.0556. The number of benzene rings is 1. The minimum Gasteiger partial charge on any atom is -0.506 e. The number of rotatable bonds is 3. The molecule has 2 heterocycles. The maximum Gasteiger partial charge on any atom is 0.341 e. The highest BCUT2D eigenvalue weighted by Crippen LogP contribution is 2.27. The highest BCUT2D eigenvalue weighted by atomic mass is 35.5. The van der Waals surface area contributed by atoms with Gasteiger partial charge in [0.25, 0.3) is 0 Å². The van der Waals surface area contributed by atoms with E-state index < -0.39 is 11.8 Å². The van der Waals surface area contributed by atoms with Crippen LogP contribution in [0, 0.1) is 5.82 Å². The molecule has 1 aromatic carbocycles. The molecule has 0 saturated carbocycles. The van der Waals surface area contributed by atoms with Crippen LogP contribution in [-0.4, -0.2) is 28.2 Å². The first-order chi connectivity index (χ1) is 12.9. The lowest BCUT2D eigenvalue weighted by molar-refractivity contribution is 0.0598. The van der Waals surface area contributed by atoms with Crippen LogP contribution < -0.4 is 4.74 Å². The van der Waals surface area contributed by atoms with Crippen LogP contribution in [0.15, 0.2) is 54.9 Å². The van der Waals surface area contributed by atoms with Gasteiger partial charge in [0.1, 0.15) is 38.9 Å². The molecule has 6 nitrogen and oxygen atoms in total. The van der Waals surface area contributed by atoms with Gasteiger partial charge in [0.15, 0.2) is 0 Å². The molecule has 1 N–H and O–H groups in total. The van der Waals surface area contributed by atoms with Gasteiger partial charge in [-0.05, 0) is 36.4 Å². The molecule has 140 valence electrons. The Labute approximate surface area is 164 Å². The van der Waals surface area contributed by atoms with Crippen LogP contribution in [0.2, 0.25) is 10.3 Å². The van der Waals surface area contributed by atoms with Gasteiger partial charge in [0.2, 0.25) is 0 Å². The Morgan fingerprint density at radius 1 is 1.04 bits per heavy atom. The van der Waals surface area contributed by atoms with Crippen LogP contribution >= 0.6 is 23.2 Å². The van der Waals surface area contributed by atoms with E-state index in [-0.39, 0.29) is 17.1 Å². The molecule has 0 fully saturated rings. The number of aromatic hydroxyl groups is 1. The van der Waals surface area contributed by atoms with Crippen molar-refractivity contribution in [3.05, 3.63) is 76.5 Å². The van der Waals surface area contributed by atoms with Crippen molar-refractivity contribution in [2.45, 2.75) is 0 Å². The quantitative estimate of drug-likeness (QED) is 0.488. The second-order valence-electron chi connectivity index (χ2n) is 4.89. The van der Waals surface area contributed by atoms with Gasteiger partial charge in [-0.3, -0.25) is 0 Å². The molecule has 0 aliphatic carbocycles. The van der Waals surface area contributed by atoms with Crippen LogP contribution in [0.3, 0.4) is 0 Å². The summed E-state index contributed by atoms with van der Waals surface area (Å²) in [6, 6.07) is 9.63. The van der Waals surface area contributed by atoms with E-state index in [2.05, 4.69) is 14.7 Å². The van der Waals surface area contributed by atoms with Crippen LogP contribution in [0.1, 0.15) is 10.4 Å². The summed E-state index contributed by atoms with van der Waals surface area (Å²) in [4.78, 5) is 18.9. The number of methoxy groups -OCH3 is 1. The smallest absolute Gasteiger partial charge is 0.341 e. The van der Waals surface area contributed by atoms with E-state index >= 15 is 0 Å². The van der Waals surface area contributed by atoms with E-state index in [1.165, 1.54) is 43.8 Å². The molecule has 27 heavy (non-hydrogen) atoms. The van der Waals surface area contributed by atoms with Crippen LogP contribution in [0.4, 0.5) is 4.39 Å². The average Bonchev–Trinajstić information content (AvgIpc) is 2.66. The molecular formula is C18H13Cl2FN2O4. The second-order valence-corrected chi connectivity index (χ2v) is 5.66. The fourth-order valence-electron chi connectivity index (χ4n) is 1.78. The van der Waals surface area contributed by atoms with Gasteiger partial charge in [-0.2, -0.15) is 0 Å². The van der Waals surface area contributed by atoms with Crippen molar-refractivity contribution < 1.29 is 23.8 Å². The van der Waals surface area contributed by atoms with E-state index in [1.807, 2.05) is 0 Å². The van der Waals surface area contributed by atoms with Gasteiger partial charge in [-0.25, -0.2) is 19.2 Å². The first-order valence-electron chi connectivity index (χ1n) is 7.37. The summed E-state index contributed by atoms with van der Waals surface area (Å²) in [6.45, 7) is 0. The monoisotopic (exact) mass is 410 g/mol. The molecule has 0 atom stereocenters. The number of hydrogen-bond acceptors (Lipinski definition) is 6. The van der Waals surface area contributed by atoms with Gasteiger partial charge < -0.3 is 14.6 Å². The highest BCUT2D eigenvalue weighted by molar-refractivity contribution is 6.29. The van der Waals surface area contributed by atoms with Crippen molar-refractivity contribution >= 4 is 29.2 Å². The third-order valence-corrected chi connectivity index (χ3v) is 3.44. The number of esters is 1. The number of ether oxygens (including phenoxy) is 2. The summed E-state index contributed by atoms with van der Waals surface area (Å²) in [6.07, 6.45) is 2.66. The lowest BCUT2D eigenvalue weighted by Gasteiger charge is -2.09. The van der Waals surface area contributed by atoms with Crippen molar-refractivity contribution in [3.63, 3.8) is 0 Å². The summed E-state index contributed by atoms with van der Waals surface area (Å²) in [7, 11) is 1.24. The molecule has 3 rings (SSSR count). The SMILES string of the molecule is COC(=O)c1ccc(F)cc1Oc1ccc(Cl)nc1.Oc1ccc(Cl)nc1. The molecule has 0 radical (unpaired) electrons. The third kappa shape index (κ3) is 6.40. The number of carbonyl (C=O) groups is 1. The Balaban J connectivity index is 0.000000273. The van der Waals surface area contributed by atoms with Crippen LogP contribution in [0.5, 0.6) is 17.2 Å². The lowest BCUT2D eigenvalue weighted by atomic mass is 10.2. The summed E-state index contributed by atoms with van der Waals surface area (Å²) >= 11 is 11.0. The van der Waals surface area contributed by atoms with Gasteiger partial charge in [0, 0.05) is 6.07 Å². The molecule has 2 aromatic heterocycles. The van der Waals surface area contributed by atoms with Gasteiger partial charge in [0.05, 0.1) is 19.5 Å². The maximum atomic E-state index is 13.2. The van der Waals surface area contributed by atoms with Crippen molar-refractivity contribution in [2.24, 2.45) is 0 Å². The van der Waals surface area contributed by atoms with Gasteiger partial charge in [-0.1, -0.05) is 23.2 Å². The molecule has 3 aromatic rings. The number of halogens is 3. The van der Waals surface area contributed by atoms with Crippen LogP contribution in [0.25, 0.3) is 0 Å². The number of aromatic nitrogens is 2. The average molecular weight is 411 g/mol. The van der Waals surface area contributed by atoms with Crippen molar-refractivity contribution in [2.75, 3.05) is 7.11 Å². The van der Waals surface area contributed by atoms with E-state index in [0.717, 1.165) is 12.1 Å². The molecular weight excluding hydrogens is 398 g/mol. The number of pyridine rings is 2. The Morgan fingerprint density at radius 3 is 2.22 bits per heavy atom. The normalized spacial score (nSPS) is 9.78. The molecule has 9 heteroatoms. The molecule has 0 bridgehead atoms. The zero-order valence-electron chi connectivity index (χ0n) is 13.9. The van der Waals surface area contributed by atoms with Crippen molar-refractivity contribution in [1.82, 2.24) is 9.97 Å². The summed E-state index contributed by atoms with van der Waals surface area (Å²) in [5.74, 6) is -0.618. The lowest BCUT2D eigenvalue weighted by Crippen LogP contribution is -2.04. The van der Waals surface area contributed by atoms with E-state index in [4.69, 9.17) is 33.0 Å². The number of hydrogen-bond donors (Lipinski definition) is 1. The van der Waals surface area contributed by atoms with E-state index in [9.17, 15) is 9.18 Å². The summed E-state index contributed by atoms with van der Waals surface area (Å²) in [5.41, 5.74) is 0.124. The molecule has 0 spiro atoms. The van der Waals surface area contributed by atoms with Crippen molar-refractivity contribution in [1.29, 1.82) is 0 Å². The number of nitrogens with zero attached hydrogens (tertiary/aromatic N) is 2. The predicted molar refractivity (Wildman–Crippen MR) is 98.0 cm³/mol. The Bertz CT molecular complexity index is 885. The Morgan fingerprint density at radius 2 is 1.70 bits per heavy atom. The first-order valence-corrected chi connectivity index (χ1v) is 8.12. The van der Waals surface area contributed by atoms with Gasteiger partial charge >= 0.3 is 5.97 Å². The molecule has 0 unspecified atom stereocenters. The third-order valence-electron chi connectivity index (χ3n) is 2.99. The minimum absolute atomic E-state index is 0.0518. The summed E-state index contributed by atoms with van der Waals surface area (Å²) < 4.78 is 23.2. The topological polar surface area (TPSA) is 81.5 Å². The zero-order chi connectivity index (χ0) is 19.8. The highest BCUT2D eigenvalue weighted by Gasteiger charge is 2.14. The predicted octanol–water partition coefficient (Wildman–Crippen LogP) is 4.89. The fourth-order valence-corrected chi connectivity index (χ4v) is 2.00. The second kappa shape index (κ2) is 9.70. The van der Waals surface area contributed by atoms with Crippen LogP contribution in [-0.2, 0) is 4.74 Å².